The zero-order chi connectivity index (χ0) is 20.1. The van der Waals surface area contributed by atoms with Gasteiger partial charge in [-0.2, -0.15) is 0 Å². The van der Waals surface area contributed by atoms with Gasteiger partial charge in [-0.3, -0.25) is 4.79 Å². The number of hydrogen-bond acceptors (Lipinski definition) is 5. The molecule has 0 radical (unpaired) electrons. The van der Waals surface area contributed by atoms with Crippen molar-refractivity contribution in [3.8, 4) is 0 Å². The molecule has 0 aromatic rings. The van der Waals surface area contributed by atoms with E-state index in [-0.39, 0.29) is 40.3 Å². The fourth-order valence-electron chi connectivity index (χ4n) is 8.67. The van der Waals surface area contributed by atoms with Gasteiger partial charge in [-0.25, -0.2) is 4.39 Å². The van der Waals surface area contributed by atoms with Crippen molar-refractivity contribution in [3.05, 3.63) is 0 Å². The molecule has 0 bridgehead atoms. The van der Waals surface area contributed by atoms with Crippen molar-refractivity contribution in [2.75, 3.05) is 26.4 Å². The van der Waals surface area contributed by atoms with Gasteiger partial charge >= 0.3 is 0 Å². The molecule has 0 aromatic heterocycles. The molecule has 4 saturated carbocycles. The summed E-state index contributed by atoms with van der Waals surface area (Å²) in [7, 11) is 0. The third-order valence-corrected chi connectivity index (χ3v) is 9.97. The third kappa shape index (κ3) is 2.32. The predicted molar refractivity (Wildman–Crippen MR) is 102 cm³/mol. The number of Topliss-reactive ketones (excluding diaryl/α,β-unsaturated/α-hetero) is 1. The lowest BCUT2D eigenvalue weighted by atomic mass is 9.44. The van der Waals surface area contributed by atoms with Crippen LogP contribution in [0.1, 0.15) is 58.8 Å². The largest absolute Gasteiger partial charge is 0.348 e. The maximum atomic E-state index is 16.1. The first-order valence-corrected chi connectivity index (χ1v) is 11.6. The van der Waals surface area contributed by atoms with Crippen LogP contribution in [0.5, 0.6) is 0 Å². The SMILES string of the molecule is CC12CCC3(CC1C(=O)CC1C2C(F)CC2(C)C1CCC21OCCO1)OCCO3. The average molecular weight is 409 g/mol. The molecule has 7 atom stereocenters. The van der Waals surface area contributed by atoms with Gasteiger partial charge in [0.25, 0.3) is 0 Å². The van der Waals surface area contributed by atoms with E-state index in [1.807, 2.05) is 0 Å². The predicted octanol–water partition coefficient (Wildman–Crippen LogP) is 3.64. The summed E-state index contributed by atoms with van der Waals surface area (Å²) in [6, 6.07) is 0. The summed E-state index contributed by atoms with van der Waals surface area (Å²) in [5.74, 6) is -0.817. The van der Waals surface area contributed by atoms with Crippen LogP contribution in [0, 0.1) is 34.5 Å². The van der Waals surface area contributed by atoms with Crippen LogP contribution in [0.4, 0.5) is 4.39 Å². The number of hydrogen-bond donors (Lipinski definition) is 0. The van der Waals surface area contributed by atoms with Gasteiger partial charge in [0.2, 0.25) is 0 Å². The van der Waals surface area contributed by atoms with E-state index in [9.17, 15) is 4.79 Å². The summed E-state index contributed by atoms with van der Waals surface area (Å²) >= 11 is 0. The van der Waals surface area contributed by atoms with E-state index >= 15 is 4.39 Å². The number of ketones is 1. The number of ether oxygens (including phenoxy) is 4. The first kappa shape index (κ1) is 19.1. The zero-order valence-corrected chi connectivity index (χ0v) is 17.6. The van der Waals surface area contributed by atoms with Crippen molar-refractivity contribution >= 4 is 5.78 Å². The fourth-order valence-corrected chi connectivity index (χ4v) is 8.67. The van der Waals surface area contributed by atoms with Crippen molar-refractivity contribution < 1.29 is 28.1 Å². The minimum Gasteiger partial charge on any atom is -0.348 e. The first-order chi connectivity index (χ1) is 13.8. The highest BCUT2D eigenvalue weighted by Gasteiger charge is 2.71. The highest BCUT2D eigenvalue weighted by molar-refractivity contribution is 5.83. The number of carbonyl (C=O) groups excluding carboxylic acids is 1. The lowest BCUT2D eigenvalue weighted by molar-refractivity contribution is -0.264. The second-order valence-electron chi connectivity index (χ2n) is 11.0. The van der Waals surface area contributed by atoms with Crippen LogP contribution in [-0.4, -0.2) is 50.0 Å². The Kier molecular flexibility index (Phi) is 3.98. The van der Waals surface area contributed by atoms with Crippen LogP contribution >= 0.6 is 0 Å². The van der Waals surface area contributed by atoms with Gasteiger partial charge in [0.05, 0.1) is 26.4 Å². The Morgan fingerprint density at radius 3 is 2.34 bits per heavy atom. The molecule has 0 N–H and O–H groups in total. The summed E-state index contributed by atoms with van der Waals surface area (Å²) in [5.41, 5.74) is -0.657. The Bertz CT molecular complexity index is 714. The summed E-state index contributed by atoms with van der Waals surface area (Å²) in [4.78, 5) is 13.4. The first-order valence-electron chi connectivity index (χ1n) is 11.6. The molecule has 2 saturated heterocycles. The van der Waals surface area contributed by atoms with Gasteiger partial charge in [0, 0.05) is 37.0 Å². The van der Waals surface area contributed by atoms with Crippen LogP contribution < -0.4 is 0 Å². The van der Waals surface area contributed by atoms with E-state index in [1.165, 1.54) is 0 Å². The van der Waals surface area contributed by atoms with E-state index in [0.29, 0.717) is 45.7 Å². The molecule has 6 fully saturated rings. The van der Waals surface area contributed by atoms with Crippen molar-refractivity contribution in [1.29, 1.82) is 0 Å². The summed E-state index contributed by atoms with van der Waals surface area (Å²) < 4.78 is 40.2. The molecule has 5 nitrogen and oxygen atoms in total. The van der Waals surface area contributed by atoms with Crippen LogP contribution in [-0.2, 0) is 23.7 Å². The Labute approximate surface area is 172 Å². The summed E-state index contributed by atoms with van der Waals surface area (Å²) in [6.45, 7) is 6.71. The van der Waals surface area contributed by atoms with Gasteiger partial charge < -0.3 is 18.9 Å². The molecular weight excluding hydrogens is 375 g/mol. The topological polar surface area (TPSA) is 54.0 Å². The summed E-state index contributed by atoms with van der Waals surface area (Å²) in [6.07, 6.45) is 3.98. The number of carbonyl (C=O) groups is 1. The highest BCUT2D eigenvalue weighted by atomic mass is 19.1. The van der Waals surface area contributed by atoms with Crippen molar-refractivity contribution in [2.45, 2.75) is 76.5 Å². The molecule has 162 valence electrons. The van der Waals surface area contributed by atoms with E-state index in [4.69, 9.17) is 18.9 Å². The molecule has 4 aliphatic carbocycles. The Hall–Kier alpha value is -0.560. The Morgan fingerprint density at radius 2 is 1.62 bits per heavy atom. The number of fused-ring (bicyclic) bond motifs is 6. The third-order valence-electron chi connectivity index (χ3n) is 9.97. The molecule has 29 heavy (non-hydrogen) atoms. The smallest absolute Gasteiger partial charge is 0.174 e. The maximum absolute atomic E-state index is 16.1. The Morgan fingerprint density at radius 1 is 0.931 bits per heavy atom. The van der Waals surface area contributed by atoms with Crippen LogP contribution in [0.3, 0.4) is 0 Å². The van der Waals surface area contributed by atoms with E-state index < -0.39 is 17.7 Å². The number of alkyl halides is 1. The molecule has 2 spiro atoms. The van der Waals surface area contributed by atoms with Gasteiger partial charge in [0.15, 0.2) is 11.6 Å². The molecule has 7 unspecified atom stereocenters. The maximum Gasteiger partial charge on any atom is 0.174 e. The van der Waals surface area contributed by atoms with Crippen LogP contribution in [0.2, 0.25) is 0 Å². The molecule has 6 rings (SSSR count). The second kappa shape index (κ2) is 6.02. The molecule has 2 heterocycles. The highest BCUT2D eigenvalue weighted by Crippen LogP contribution is 2.70. The van der Waals surface area contributed by atoms with Crippen molar-refractivity contribution in [3.63, 3.8) is 0 Å². The number of halogens is 1. The lowest BCUT2D eigenvalue weighted by Crippen LogP contribution is -2.63. The molecule has 6 aliphatic rings. The van der Waals surface area contributed by atoms with Gasteiger partial charge in [-0.1, -0.05) is 13.8 Å². The normalized spacial score (nSPS) is 52.5. The molecular formula is C23H33FO5. The van der Waals surface area contributed by atoms with Gasteiger partial charge in [0.1, 0.15) is 12.0 Å². The van der Waals surface area contributed by atoms with Gasteiger partial charge in [-0.05, 0) is 42.4 Å². The van der Waals surface area contributed by atoms with Gasteiger partial charge in [-0.15, -0.1) is 0 Å². The molecule has 2 aliphatic heterocycles. The molecule has 6 heteroatoms. The van der Waals surface area contributed by atoms with Crippen molar-refractivity contribution in [1.82, 2.24) is 0 Å². The standard InChI is InChI=1S/C23H33FO5/c1-20-5-6-22(26-7-8-27-22)12-16(20)18(25)11-14-15-3-4-23(28-9-10-29-23)21(15,2)13-17(24)19(14)20/h14-17,19H,3-13H2,1-2H3. The fraction of sp³-hybridized carbons (Fsp3) is 0.957. The quantitative estimate of drug-likeness (QED) is 0.613. The van der Waals surface area contributed by atoms with Crippen LogP contribution in [0.15, 0.2) is 0 Å². The van der Waals surface area contributed by atoms with Crippen molar-refractivity contribution in [2.24, 2.45) is 34.5 Å². The lowest BCUT2D eigenvalue weighted by Gasteiger charge is -2.62. The zero-order valence-electron chi connectivity index (χ0n) is 17.6. The van der Waals surface area contributed by atoms with E-state index in [1.54, 1.807) is 0 Å². The monoisotopic (exact) mass is 408 g/mol. The van der Waals surface area contributed by atoms with E-state index in [0.717, 1.165) is 25.7 Å². The minimum atomic E-state index is -0.927. The number of rotatable bonds is 0. The average Bonchev–Trinajstić information content (AvgIpc) is 3.39. The van der Waals surface area contributed by atoms with E-state index in [2.05, 4.69) is 13.8 Å². The Balaban J connectivity index is 1.35. The summed E-state index contributed by atoms with van der Waals surface area (Å²) in [5, 5.41) is 0. The molecule has 0 aromatic carbocycles. The second-order valence-corrected chi connectivity index (χ2v) is 11.0. The minimum absolute atomic E-state index is 0.0708. The van der Waals surface area contributed by atoms with Crippen LogP contribution in [0.25, 0.3) is 0 Å². The molecule has 0 amide bonds.